The predicted octanol–water partition coefficient (Wildman–Crippen LogP) is 4.12. The number of rotatable bonds is 2. The Balaban J connectivity index is 2.15. The SMILES string of the molecule is CC1(C)Cc2ccccc2C(C(C#N)c2ccccc2)=N1. The van der Waals surface area contributed by atoms with Gasteiger partial charge in [0.25, 0.3) is 0 Å². The van der Waals surface area contributed by atoms with E-state index in [4.69, 9.17) is 4.99 Å². The van der Waals surface area contributed by atoms with Gasteiger partial charge in [-0.05, 0) is 31.4 Å². The first-order valence-corrected chi connectivity index (χ1v) is 7.23. The van der Waals surface area contributed by atoms with Gasteiger partial charge in [0.15, 0.2) is 0 Å². The van der Waals surface area contributed by atoms with E-state index >= 15 is 0 Å². The molecule has 1 aliphatic heterocycles. The Morgan fingerprint density at radius 3 is 2.43 bits per heavy atom. The third-order valence-electron chi connectivity index (χ3n) is 3.87. The molecule has 0 radical (unpaired) electrons. The van der Waals surface area contributed by atoms with Gasteiger partial charge in [-0.1, -0.05) is 54.6 Å². The monoisotopic (exact) mass is 274 g/mol. The van der Waals surface area contributed by atoms with Crippen LogP contribution in [0, 0.1) is 11.3 Å². The van der Waals surface area contributed by atoms with E-state index in [9.17, 15) is 5.26 Å². The molecule has 0 aliphatic carbocycles. The molecule has 1 atom stereocenters. The maximum Gasteiger partial charge on any atom is 0.114 e. The molecule has 2 aromatic rings. The second kappa shape index (κ2) is 5.18. The van der Waals surface area contributed by atoms with Gasteiger partial charge in [0.05, 0.1) is 17.3 Å². The van der Waals surface area contributed by atoms with E-state index in [2.05, 4.69) is 38.1 Å². The van der Waals surface area contributed by atoms with E-state index in [1.165, 1.54) is 5.56 Å². The summed E-state index contributed by atoms with van der Waals surface area (Å²) in [4.78, 5) is 4.90. The zero-order valence-corrected chi connectivity index (χ0v) is 12.4. The average molecular weight is 274 g/mol. The van der Waals surface area contributed by atoms with Gasteiger partial charge >= 0.3 is 0 Å². The van der Waals surface area contributed by atoms with Gasteiger partial charge in [-0.3, -0.25) is 4.99 Å². The molecule has 0 fully saturated rings. The quantitative estimate of drug-likeness (QED) is 0.811. The van der Waals surface area contributed by atoms with E-state index in [1.807, 2.05) is 36.4 Å². The fourth-order valence-corrected chi connectivity index (χ4v) is 2.98. The van der Waals surface area contributed by atoms with Crippen molar-refractivity contribution in [1.29, 1.82) is 5.26 Å². The molecular weight excluding hydrogens is 256 g/mol. The van der Waals surface area contributed by atoms with Crippen LogP contribution >= 0.6 is 0 Å². The number of nitriles is 1. The second-order valence-corrected chi connectivity index (χ2v) is 6.12. The molecule has 0 saturated carbocycles. The number of aliphatic imine (C=N–C) groups is 1. The molecule has 0 N–H and O–H groups in total. The summed E-state index contributed by atoms with van der Waals surface area (Å²) in [5, 5.41) is 9.70. The zero-order chi connectivity index (χ0) is 14.9. The van der Waals surface area contributed by atoms with E-state index in [0.29, 0.717) is 0 Å². The van der Waals surface area contributed by atoms with Crippen LogP contribution in [0.3, 0.4) is 0 Å². The highest BCUT2D eigenvalue weighted by Crippen LogP contribution is 2.32. The predicted molar refractivity (Wildman–Crippen MR) is 85.6 cm³/mol. The fourth-order valence-electron chi connectivity index (χ4n) is 2.98. The van der Waals surface area contributed by atoms with Crippen molar-refractivity contribution in [3.63, 3.8) is 0 Å². The Morgan fingerprint density at radius 2 is 1.71 bits per heavy atom. The van der Waals surface area contributed by atoms with Crippen molar-refractivity contribution in [2.45, 2.75) is 31.7 Å². The third-order valence-corrected chi connectivity index (χ3v) is 3.87. The molecule has 2 aromatic carbocycles. The van der Waals surface area contributed by atoms with E-state index < -0.39 is 0 Å². The van der Waals surface area contributed by atoms with Crippen LogP contribution in [0.1, 0.15) is 36.5 Å². The van der Waals surface area contributed by atoms with Crippen molar-refractivity contribution in [2.24, 2.45) is 4.99 Å². The van der Waals surface area contributed by atoms with Gasteiger partial charge in [-0.15, -0.1) is 0 Å². The molecule has 0 saturated heterocycles. The Hall–Kier alpha value is -2.40. The Bertz CT molecular complexity index is 721. The van der Waals surface area contributed by atoms with Gasteiger partial charge in [0, 0.05) is 5.56 Å². The molecule has 2 nitrogen and oxygen atoms in total. The van der Waals surface area contributed by atoms with E-state index in [1.54, 1.807) is 0 Å². The molecule has 3 rings (SSSR count). The summed E-state index contributed by atoms with van der Waals surface area (Å²) in [5.41, 5.74) is 4.14. The number of fused-ring (bicyclic) bond motifs is 1. The standard InChI is InChI=1S/C19H18N2/c1-19(2)12-15-10-6-7-11-16(15)18(21-19)17(13-20)14-8-4-3-5-9-14/h3-11,17H,12H2,1-2H3. The molecule has 2 heteroatoms. The molecule has 104 valence electrons. The van der Waals surface area contributed by atoms with Gasteiger partial charge in [0.1, 0.15) is 5.92 Å². The lowest BCUT2D eigenvalue weighted by Gasteiger charge is -2.30. The summed E-state index contributed by atoms with van der Waals surface area (Å²) in [6.45, 7) is 4.25. The van der Waals surface area contributed by atoms with Crippen molar-refractivity contribution >= 4 is 5.71 Å². The molecule has 21 heavy (non-hydrogen) atoms. The number of benzene rings is 2. The fraction of sp³-hybridized carbons (Fsp3) is 0.263. The summed E-state index contributed by atoms with van der Waals surface area (Å²) < 4.78 is 0. The lowest BCUT2D eigenvalue weighted by molar-refractivity contribution is 0.511. The van der Waals surface area contributed by atoms with Gasteiger partial charge < -0.3 is 0 Å². The Morgan fingerprint density at radius 1 is 1.05 bits per heavy atom. The van der Waals surface area contributed by atoms with Crippen LogP contribution in [0.4, 0.5) is 0 Å². The highest BCUT2D eigenvalue weighted by atomic mass is 14.9. The topological polar surface area (TPSA) is 36.1 Å². The van der Waals surface area contributed by atoms with Crippen LogP contribution in [-0.4, -0.2) is 11.3 Å². The maximum absolute atomic E-state index is 9.70. The van der Waals surface area contributed by atoms with Crippen LogP contribution in [0.2, 0.25) is 0 Å². The first-order chi connectivity index (χ1) is 10.1. The molecule has 0 bridgehead atoms. The zero-order valence-electron chi connectivity index (χ0n) is 12.4. The molecular formula is C19H18N2. The van der Waals surface area contributed by atoms with Gasteiger partial charge in [0.2, 0.25) is 0 Å². The smallest absolute Gasteiger partial charge is 0.114 e. The van der Waals surface area contributed by atoms with Crippen molar-refractivity contribution in [3.8, 4) is 6.07 Å². The van der Waals surface area contributed by atoms with Crippen molar-refractivity contribution in [3.05, 3.63) is 71.3 Å². The summed E-state index contributed by atoms with van der Waals surface area (Å²) >= 11 is 0. The molecule has 0 amide bonds. The van der Waals surface area contributed by atoms with Crippen LogP contribution in [0.5, 0.6) is 0 Å². The number of hydrogen-bond acceptors (Lipinski definition) is 2. The number of hydrogen-bond donors (Lipinski definition) is 0. The van der Waals surface area contributed by atoms with E-state index in [0.717, 1.165) is 23.3 Å². The summed E-state index contributed by atoms with van der Waals surface area (Å²) in [6, 6.07) is 20.7. The molecule has 1 heterocycles. The number of nitrogens with zero attached hydrogens (tertiary/aromatic N) is 2. The molecule has 0 spiro atoms. The molecule has 1 unspecified atom stereocenters. The summed E-state index contributed by atoms with van der Waals surface area (Å²) in [7, 11) is 0. The third kappa shape index (κ3) is 2.60. The highest BCUT2D eigenvalue weighted by molar-refractivity contribution is 6.08. The lowest BCUT2D eigenvalue weighted by atomic mass is 9.81. The van der Waals surface area contributed by atoms with Gasteiger partial charge in [-0.2, -0.15) is 5.26 Å². The second-order valence-electron chi connectivity index (χ2n) is 6.12. The van der Waals surface area contributed by atoms with Crippen LogP contribution in [0.15, 0.2) is 59.6 Å². The van der Waals surface area contributed by atoms with Crippen LogP contribution in [0.25, 0.3) is 0 Å². The minimum absolute atomic E-state index is 0.159. The largest absolute Gasteiger partial charge is 0.281 e. The Kier molecular flexibility index (Phi) is 3.35. The van der Waals surface area contributed by atoms with Gasteiger partial charge in [-0.25, -0.2) is 0 Å². The van der Waals surface area contributed by atoms with Crippen molar-refractivity contribution < 1.29 is 0 Å². The Labute approximate surface area is 125 Å². The minimum Gasteiger partial charge on any atom is -0.281 e. The first kappa shape index (κ1) is 13.6. The normalized spacial score (nSPS) is 17.3. The maximum atomic E-state index is 9.70. The van der Waals surface area contributed by atoms with E-state index in [-0.39, 0.29) is 11.5 Å². The average Bonchev–Trinajstić information content (AvgIpc) is 2.48. The minimum atomic E-state index is -0.313. The van der Waals surface area contributed by atoms with Crippen LogP contribution in [-0.2, 0) is 6.42 Å². The van der Waals surface area contributed by atoms with Crippen molar-refractivity contribution in [1.82, 2.24) is 0 Å². The summed E-state index contributed by atoms with van der Waals surface area (Å²) in [6.07, 6.45) is 0.916. The molecule has 0 aromatic heterocycles. The van der Waals surface area contributed by atoms with Crippen molar-refractivity contribution in [2.75, 3.05) is 0 Å². The molecule has 1 aliphatic rings. The lowest BCUT2D eigenvalue weighted by Crippen LogP contribution is -2.31. The first-order valence-electron chi connectivity index (χ1n) is 7.23. The summed E-state index contributed by atoms with van der Waals surface area (Å²) in [5.74, 6) is -0.313. The highest BCUT2D eigenvalue weighted by Gasteiger charge is 2.30. The van der Waals surface area contributed by atoms with Crippen LogP contribution < -0.4 is 0 Å².